The van der Waals surface area contributed by atoms with Crippen molar-refractivity contribution in [2.75, 3.05) is 6.54 Å². The average molecular weight is 262 g/mol. The smallest absolute Gasteiger partial charge is 0.273 e. The van der Waals surface area contributed by atoms with Crippen molar-refractivity contribution in [2.24, 2.45) is 12.8 Å². The summed E-state index contributed by atoms with van der Waals surface area (Å²) in [5.41, 5.74) is 7.91. The fraction of sp³-hybridized carbons (Fsp3) is 0.417. The van der Waals surface area contributed by atoms with Crippen molar-refractivity contribution in [3.63, 3.8) is 0 Å². The average Bonchev–Trinajstić information content (AvgIpc) is 2.97. The maximum absolute atomic E-state index is 11.9. The summed E-state index contributed by atoms with van der Waals surface area (Å²) in [5, 5.41) is 10.5. The van der Waals surface area contributed by atoms with E-state index in [1.54, 1.807) is 10.9 Å². The zero-order valence-electron chi connectivity index (χ0n) is 11.1. The number of carbonyl (C=O) groups is 1. The quantitative estimate of drug-likeness (QED) is 0.781. The van der Waals surface area contributed by atoms with Crippen LogP contribution < -0.4 is 11.1 Å². The number of hydrogen-bond acceptors (Lipinski definition) is 4. The summed E-state index contributed by atoms with van der Waals surface area (Å²) in [7, 11) is 1.97. The lowest BCUT2D eigenvalue weighted by Crippen LogP contribution is -2.24. The van der Waals surface area contributed by atoms with Gasteiger partial charge in [0.05, 0.1) is 19.3 Å². The van der Waals surface area contributed by atoms with Crippen molar-refractivity contribution >= 4 is 5.91 Å². The maximum Gasteiger partial charge on any atom is 0.273 e. The second-order valence-electron chi connectivity index (χ2n) is 4.36. The van der Waals surface area contributed by atoms with Gasteiger partial charge in [0.2, 0.25) is 0 Å². The molecule has 7 nitrogen and oxygen atoms in total. The number of hydrogen-bond donors (Lipinski definition) is 2. The van der Waals surface area contributed by atoms with E-state index in [9.17, 15) is 4.79 Å². The third-order valence-electron chi connectivity index (χ3n) is 3.04. The molecular weight excluding hydrogens is 244 g/mol. The van der Waals surface area contributed by atoms with E-state index in [-0.39, 0.29) is 5.91 Å². The Bertz CT molecular complexity index is 571. The van der Waals surface area contributed by atoms with E-state index in [0.717, 1.165) is 11.4 Å². The third-order valence-corrected chi connectivity index (χ3v) is 3.04. The van der Waals surface area contributed by atoms with E-state index in [1.807, 2.05) is 30.7 Å². The molecule has 0 saturated heterocycles. The molecule has 102 valence electrons. The molecule has 2 heterocycles. The van der Waals surface area contributed by atoms with E-state index < -0.39 is 0 Å². The summed E-state index contributed by atoms with van der Waals surface area (Å²) in [4.78, 5) is 11.9. The van der Waals surface area contributed by atoms with Crippen LogP contribution in [0, 0.1) is 6.92 Å². The van der Waals surface area contributed by atoms with Gasteiger partial charge in [-0.1, -0.05) is 5.21 Å². The highest BCUT2D eigenvalue weighted by Crippen LogP contribution is 2.05. The predicted octanol–water partition coefficient (Wildman–Crippen LogP) is -0.186. The Morgan fingerprint density at radius 3 is 2.89 bits per heavy atom. The van der Waals surface area contributed by atoms with E-state index in [0.29, 0.717) is 25.3 Å². The number of carbonyl (C=O) groups excluding carboxylic acids is 1. The third kappa shape index (κ3) is 3.00. The summed E-state index contributed by atoms with van der Waals surface area (Å²) in [6.07, 6.45) is 1.60. The van der Waals surface area contributed by atoms with Gasteiger partial charge in [-0.15, -0.1) is 5.10 Å². The van der Waals surface area contributed by atoms with Crippen molar-refractivity contribution in [1.29, 1.82) is 0 Å². The molecule has 0 saturated carbocycles. The number of amides is 1. The highest BCUT2D eigenvalue weighted by molar-refractivity contribution is 5.91. The van der Waals surface area contributed by atoms with Gasteiger partial charge in [-0.2, -0.15) is 0 Å². The maximum atomic E-state index is 11.9. The van der Waals surface area contributed by atoms with Crippen LogP contribution >= 0.6 is 0 Å². The summed E-state index contributed by atoms with van der Waals surface area (Å²) >= 11 is 0. The van der Waals surface area contributed by atoms with Crippen LogP contribution in [-0.2, 0) is 20.1 Å². The lowest BCUT2D eigenvalue weighted by atomic mass is 10.4. The Hall–Kier alpha value is -2.15. The zero-order chi connectivity index (χ0) is 13.8. The molecule has 0 fully saturated rings. The van der Waals surface area contributed by atoms with Crippen LogP contribution in [0.25, 0.3) is 0 Å². The summed E-state index contributed by atoms with van der Waals surface area (Å²) in [6.45, 7) is 3.50. The Morgan fingerprint density at radius 2 is 2.26 bits per heavy atom. The largest absolute Gasteiger partial charge is 0.350 e. The summed E-state index contributed by atoms with van der Waals surface area (Å²) in [5.74, 6) is -0.234. The predicted molar refractivity (Wildman–Crippen MR) is 70.4 cm³/mol. The lowest BCUT2D eigenvalue weighted by Gasteiger charge is -2.06. The van der Waals surface area contributed by atoms with Gasteiger partial charge in [-0.05, 0) is 19.1 Å². The van der Waals surface area contributed by atoms with E-state index in [2.05, 4.69) is 15.6 Å². The van der Waals surface area contributed by atoms with Crippen LogP contribution in [0.3, 0.4) is 0 Å². The first-order valence-corrected chi connectivity index (χ1v) is 6.11. The topological polar surface area (TPSA) is 90.8 Å². The molecule has 0 aliphatic heterocycles. The minimum atomic E-state index is -0.234. The Kier molecular flexibility index (Phi) is 3.96. The highest BCUT2D eigenvalue weighted by atomic mass is 16.2. The molecule has 0 bridgehead atoms. The van der Waals surface area contributed by atoms with Crippen LogP contribution in [0.15, 0.2) is 18.3 Å². The molecular formula is C12H18N6O. The van der Waals surface area contributed by atoms with Gasteiger partial charge in [0.25, 0.3) is 5.91 Å². The van der Waals surface area contributed by atoms with Crippen molar-refractivity contribution in [3.05, 3.63) is 35.4 Å². The minimum Gasteiger partial charge on any atom is -0.350 e. The first kappa shape index (κ1) is 13.3. The van der Waals surface area contributed by atoms with Crippen LogP contribution in [-0.4, -0.2) is 32.0 Å². The number of nitrogens with two attached hydrogens (primary N) is 1. The molecule has 0 aliphatic rings. The number of nitrogens with zero attached hydrogens (tertiary/aromatic N) is 4. The Morgan fingerprint density at radius 1 is 1.47 bits per heavy atom. The van der Waals surface area contributed by atoms with Gasteiger partial charge in [-0.25, -0.2) is 0 Å². The standard InChI is InChI=1S/C12H18N6O/c1-9-3-4-10(17(9)2)7-14-12(19)11-8-18(6-5-13)16-15-11/h3-4,8H,5-7,13H2,1-2H3,(H,14,19). The molecule has 2 aromatic heterocycles. The molecule has 3 N–H and O–H groups in total. The molecule has 0 aromatic carbocycles. The first-order chi connectivity index (χ1) is 9.11. The van der Waals surface area contributed by atoms with Gasteiger partial charge in [-0.3, -0.25) is 9.48 Å². The number of nitrogens with one attached hydrogen (secondary N) is 1. The lowest BCUT2D eigenvalue weighted by molar-refractivity contribution is 0.0945. The van der Waals surface area contributed by atoms with Gasteiger partial charge in [0.1, 0.15) is 0 Å². The van der Waals surface area contributed by atoms with E-state index in [4.69, 9.17) is 5.73 Å². The Balaban J connectivity index is 1.95. The highest BCUT2D eigenvalue weighted by Gasteiger charge is 2.11. The summed E-state index contributed by atoms with van der Waals surface area (Å²) < 4.78 is 3.59. The minimum absolute atomic E-state index is 0.234. The molecule has 19 heavy (non-hydrogen) atoms. The van der Waals surface area contributed by atoms with Crippen LogP contribution in [0.1, 0.15) is 21.9 Å². The molecule has 0 atom stereocenters. The zero-order valence-corrected chi connectivity index (χ0v) is 11.1. The number of aromatic nitrogens is 4. The molecule has 1 amide bonds. The first-order valence-electron chi connectivity index (χ1n) is 6.11. The molecule has 0 spiro atoms. The van der Waals surface area contributed by atoms with Crippen molar-refractivity contribution in [1.82, 2.24) is 24.9 Å². The fourth-order valence-corrected chi connectivity index (χ4v) is 1.75. The molecule has 7 heteroatoms. The molecule has 0 aliphatic carbocycles. The SMILES string of the molecule is Cc1ccc(CNC(=O)c2cn(CCN)nn2)n1C. The molecule has 2 aromatic rings. The fourth-order valence-electron chi connectivity index (χ4n) is 1.75. The van der Waals surface area contributed by atoms with E-state index in [1.165, 1.54) is 0 Å². The second kappa shape index (κ2) is 5.66. The van der Waals surface area contributed by atoms with Gasteiger partial charge in [0.15, 0.2) is 5.69 Å². The second-order valence-corrected chi connectivity index (χ2v) is 4.36. The number of rotatable bonds is 5. The Labute approximate surface area is 111 Å². The molecule has 0 unspecified atom stereocenters. The van der Waals surface area contributed by atoms with Gasteiger partial charge < -0.3 is 15.6 Å². The molecule has 0 radical (unpaired) electrons. The normalized spacial score (nSPS) is 10.7. The van der Waals surface area contributed by atoms with Crippen molar-refractivity contribution in [3.8, 4) is 0 Å². The van der Waals surface area contributed by atoms with Crippen molar-refractivity contribution in [2.45, 2.75) is 20.0 Å². The van der Waals surface area contributed by atoms with Gasteiger partial charge >= 0.3 is 0 Å². The van der Waals surface area contributed by atoms with Crippen molar-refractivity contribution < 1.29 is 4.79 Å². The molecule has 2 rings (SSSR count). The van der Waals surface area contributed by atoms with Crippen LogP contribution in [0.2, 0.25) is 0 Å². The van der Waals surface area contributed by atoms with Crippen LogP contribution in [0.4, 0.5) is 0 Å². The summed E-state index contributed by atoms with van der Waals surface area (Å²) in [6, 6.07) is 4.00. The van der Waals surface area contributed by atoms with Gasteiger partial charge in [0, 0.05) is 25.0 Å². The monoisotopic (exact) mass is 262 g/mol. The van der Waals surface area contributed by atoms with Crippen LogP contribution in [0.5, 0.6) is 0 Å². The van der Waals surface area contributed by atoms with E-state index >= 15 is 0 Å². The number of aryl methyl sites for hydroxylation is 1.